The molecule has 4 atom stereocenters. The Hall–Kier alpha value is -1.22. The molecule has 0 spiro atoms. The summed E-state index contributed by atoms with van der Waals surface area (Å²) in [6.45, 7) is 0.590. The molecule has 0 aromatic carbocycles. The van der Waals surface area contributed by atoms with Crippen LogP contribution in [0.1, 0.15) is 0 Å². The van der Waals surface area contributed by atoms with Gasteiger partial charge in [0, 0.05) is 0 Å². The molecule has 16 heavy (non-hydrogen) atoms. The summed E-state index contributed by atoms with van der Waals surface area (Å²) in [6.07, 6.45) is -1.76. The molecule has 2 fully saturated rings. The van der Waals surface area contributed by atoms with Crippen LogP contribution in [0, 0.1) is 0 Å². The molecule has 4 N–H and O–H groups in total. The van der Waals surface area contributed by atoms with Gasteiger partial charge in [-0.2, -0.15) is 0 Å². The molecule has 0 bridgehead atoms. The van der Waals surface area contributed by atoms with Gasteiger partial charge in [0.05, 0.1) is 25.3 Å². The maximum absolute atomic E-state index is 11.1. The van der Waals surface area contributed by atoms with E-state index in [9.17, 15) is 9.59 Å². The van der Waals surface area contributed by atoms with Gasteiger partial charge in [0.25, 0.3) is 0 Å². The fourth-order valence-electron chi connectivity index (χ4n) is 1.12. The van der Waals surface area contributed by atoms with Crippen molar-refractivity contribution in [3.05, 3.63) is 0 Å². The number of hydrogen-bond donors (Lipinski definition) is 2. The molecule has 2 rings (SSSR count). The zero-order valence-corrected chi connectivity index (χ0v) is 8.33. The number of hydrogen-bond acceptors (Lipinski definition) is 8. The second-order valence-electron chi connectivity index (χ2n) is 3.54. The molecule has 0 amide bonds. The lowest BCUT2D eigenvalue weighted by molar-refractivity contribution is -0.245. The van der Waals surface area contributed by atoms with E-state index < -0.39 is 36.6 Å². The summed E-state index contributed by atoms with van der Waals surface area (Å²) in [7, 11) is 0. The molecule has 0 aromatic heterocycles. The van der Waals surface area contributed by atoms with Crippen molar-refractivity contribution in [1.82, 2.24) is 0 Å². The molecule has 0 aliphatic carbocycles. The largest absolute Gasteiger partial charge is 0.426 e. The Morgan fingerprint density at radius 1 is 0.938 bits per heavy atom. The highest BCUT2D eigenvalue weighted by atomic mass is 16.8. The highest BCUT2D eigenvalue weighted by Gasteiger charge is 2.38. The minimum atomic E-state index is -1.16. The van der Waals surface area contributed by atoms with Crippen LogP contribution >= 0.6 is 0 Å². The highest BCUT2D eigenvalue weighted by Crippen LogP contribution is 2.14. The van der Waals surface area contributed by atoms with Crippen LogP contribution in [0.2, 0.25) is 0 Å². The van der Waals surface area contributed by atoms with Gasteiger partial charge in [-0.05, 0) is 0 Å². The van der Waals surface area contributed by atoms with Crippen LogP contribution in [0.3, 0.4) is 0 Å². The molecule has 90 valence electrons. The number of rotatable bonds is 2. The van der Waals surface area contributed by atoms with Gasteiger partial charge in [0.2, 0.25) is 12.6 Å². The summed E-state index contributed by atoms with van der Waals surface area (Å²) in [5, 5.41) is 0. The molecule has 0 radical (unpaired) electrons. The summed E-state index contributed by atoms with van der Waals surface area (Å²) < 4.78 is 18.8. The predicted octanol–water partition coefficient (Wildman–Crippen LogP) is -2.56. The van der Waals surface area contributed by atoms with Gasteiger partial charge in [0.15, 0.2) is 0 Å². The summed E-state index contributed by atoms with van der Waals surface area (Å²) in [6, 6.07) is -0.807. The number of carbonyl (C=O) groups is 2. The maximum atomic E-state index is 11.1. The first kappa shape index (κ1) is 11.3. The third-order valence-corrected chi connectivity index (χ3v) is 2.22. The van der Waals surface area contributed by atoms with Crippen molar-refractivity contribution in [2.75, 3.05) is 13.2 Å². The standard InChI is InChI=1S/C8H12N2O6/c9-3-1-13-7(3)15-5(11)6(12)16-8-4(10)2-14-8/h3-4,7-8H,1-2,9-10H2/t3-,4+,7-,8-/m1/s1. The maximum Gasteiger partial charge on any atom is 0.419 e. The Kier molecular flexibility index (Phi) is 3.06. The van der Waals surface area contributed by atoms with E-state index in [1.807, 2.05) is 0 Å². The van der Waals surface area contributed by atoms with Gasteiger partial charge >= 0.3 is 11.9 Å². The highest BCUT2D eigenvalue weighted by molar-refractivity contribution is 6.29. The van der Waals surface area contributed by atoms with Crippen molar-refractivity contribution in [3.63, 3.8) is 0 Å². The molecule has 8 heteroatoms. The molecular weight excluding hydrogens is 220 g/mol. The normalized spacial score (nSPS) is 36.9. The van der Waals surface area contributed by atoms with Crippen LogP contribution < -0.4 is 11.5 Å². The van der Waals surface area contributed by atoms with Crippen molar-refractivity contribution in [1.29, 1.82) is 0 Å². The van der Waals surface area contributed by atoms with Crippen molar-refractivity contribution in [2.24, 2.45) is 11.5 Å². The molecular formula is C8H12N2O6. The summed E-state index contributed by atoms with van der Waals surface area (Å²) in [5.74, 6) is -2.33. The molecule has 2 saturated heterocycles. The van der Waals surface area contributed by atoms with E-state index in [0.717, 1.165) is 0 Å². The zero-order chi connectivity index (χ0) is 11.7. The predicted molar refractivity (Wildman–Crippen MR) is 47.6 cm³/mol. The van der Waals surface area contributed by atoms with Crippen LogP contribution in [0.15, 0.2) is 0 Å². The second-order valence-corrected chi connectivity index (χ2v) is 3.54. The fourth-order valence-corrected chi connectivity index (χ4v) is 1.12. The molecule has 0 aromatic rings. The summed E-state index contributed by atoms with van der Waals surface area (Å²) in [5.41, 5.74) is 10.9. The van der Waals surface area contributed by atoms with Crippen molar-refractivity contribution >= 4 is 11.9 Å². The lowest BCUT2D eigenvalue weighted by Crippen LogP contribution is -2.56. The Morgan fingerprint density at radius 2 is 1.31 bits per heavy atom. The number of nitrogens with two attached hydrogens (primary N) is 2. The number of ether oxygens (including phenoxy) is 4. The Morgan fingerprint density at radius 3 is 1.50 bits per heavy atom. The molecule has 0 saturated carbocycles. The first-order valence-corrected chi connectivity index (χ1v) is 4.74. The number of esters is 2. The average molecular weight is 232 g/mol. The molecule has 0 unspecified atom stereocenters. The Bertz CT molecular complexity index is 279. The minimum Gasteiger partial charge on any atom is -0.426 e. The Labute approximate surface area is 90.7 Å². The SMILES string of the molecule is N[C@@H]1CO[C@@H]1OC(=O)C(=O)O[C@H]1OC[C@@H]1N. The van der Waals surface area contributed by atoms with Gasteiger partial charge in [-0.1, -0.05) is 0 Å². The van der Waals surface area contributed by atoms with Gasteiger partial charge in [-0.3, -0.25) is 0 Å². The van der Waals surface area contributed by atoms with Crippen molar-refractivity contribution in [3.8, 4) is 0 Å². The summed E-state index contributed by atoms with van der Waals surface area (Å²) in [4.78, 5) is 22.3. The van der Waals surface area contributed by atoms with E-state index in [0.29, 0.717) is 13.2 Å². The zero-order valence-electron chi connectivity index (χ0n) is 8.33. The van der Waals surface area contributed by atoms with E-state index in [1.54, 1.807) is 0 Å². The lowest BCUT2D eigenvalue weighted by atomic mass is 10.2. The van der Waals surface area contributed by atoms with Crippen LogP contribution in [-0.2, 0) is 28.5 Å². The third kappa shape index (κ3) is 2.14. The van der Waals surface area contributed by atoms with Crippen LogP contribution in [-0.4, -0.2) is 49.8 Å². The van der Waals surface area contributed by atoms with Crippen molar-refractivity contribution < 1.29 is 28.5 Å². The van der Waals surface area contributed by atoms with Gasteiger partial charge in [0.1, 0.15) is 0 Å². The van der Waals surface area contributed by atoms with E-state index >= 15 is 0 Å². The lowest BCUT2D eigenvalue weighted by Gasteiger charge is -2.34. The van der Waals surface area contributed by atoms with Gasteiger partial charge in [-0.25, -0.2) is 9.59 Å². The number of carbonyl (C=O) groups excluding carboxylic acids is 2. The molecule has 2 aliphatic rings. The van der Waals surface area contributed by atoms with E-state index in [2.05, 4.69) is 9.47 Å². The van der Waals surface area contributed by atoms with E-state index in [4.69, 9.17) is 20.9 Å². The summed E-state index contributed by atoms with van der Waals surface area (Å²) >= 11 is 0. The first-order valence-electron chi connectivity index (χ1n) is 4.74. The first-order chi connectivity index (χ1) is 7.58. The molecule has 2 aliphatic heterocycles. The second kappa shape index (κ2) is 4.34. The molecule has 8 nitrogen and oxygen atoms in total. The quantitative estimate of drug-likeness (QED) is 0.393. The van der Waals surface area contributed by atoms with E-state index in [-0.39, 0.29) is 0 Å². The molecule has 2 heterocycles. The average Bonchev–Trinajstić information content (AvgIpc) is 2.28. The Balaban J connectivity index is 1.73. The fraction of sp³-hybridized carbons (Fsp3) is 0.750. The van der Waals surface area contributed by atoms with E-state index in [1.165, 1.54) is 0 Å². The third-order valence-electron chi connectivity index (χ3n) is 2.22. The van der Waals surface area contributed by atoms with Crippen LogP contribution in [0.5, 0.6) is 0 Å². The van der Waals surface area contributed by atoms with Crippen LogP contribution in [0.25, 0.3) is 0 Å². The van der Waals surface area contributed by atoms with Crippen LogP contribution in [0.4, 0.5) is 0 Å². The van der Waals surface area contributed by atoms with Gasteiger partial charge < -0.3 is 30.4 Å². The van der Waals surface area contributed by atoms with Crippen molar-refractivity contribution in [2.45, 2.75) is 24.7 Å². The smallest absolute Gasteiger partial charge is 0.419 e. The monoisotopic (exact) mass is 232 g/mol. The minimum absolute atomic E-state index is 0.295. The topological polar surface area (TPSA) is 123 Å². The van der Waals surface area contributed by atoms with Gasteiger partial charge in [-0.15, -0.1) is 0 Å².